The van der Waals surface area contributed by atoms with Crippen LogP contribution in [0, 0.1) is 0 Å². The van der Waals surface area contributed by atoms with Crippen molar-refractivity contribution in [3.05, 3.63) is 96.7 Å². The molecule has 0 radical (unpaired) electrons. The predicted octanol–water partition coefficient (Wildman–Crippen LogP) is 5.14. The van der Waals surface area contributed by atoms with Gasteiger partial charge < -0.3 is 0 Å². The van der Waals surface area contributed by atoms with E-state index in [0.717, 1.165) is 33.8 Å². The summed E-state index contributed by atoms with van der Waals surface area (Å²) in [5, 5.41) is 0. The zero-order valence-electron chi connectivity index (χ0n) is 13.0. The Hall–Kier alpha value is -2.06. The molecule has 0 aromatic heterocycles. The van der Waals surface area contributed by atoms with Crippen molar-refractivity contribution in [3.8, 4) is 0 Å². The standard InChI is InChI=1S/C20H22OS/c1-5-9-11-17(8-4)13-19-15-22-14-18(20(19)21)12-16(7-3)10-6-2/h5-13H,1-3,14-15H2,4H3/b11-9-,16-10+,17-8+,18-12+,19-13+. The van der Waals surface area contributed by atoms with Crippen LogP contribution in [0.3, 0.4) is 0 Å². The normalized spacial score (nSPS) is 20.7. The smallest absolute Gasteiger partial charge is 0.186 e. The first kappa shape index (κ1) is 18.0. The van der Waals surface area contributed by atoms with Gasteiger partial charge in [-0.25, -0.2) is 0 Å². The lowest BCUT2D eigenvalue weighted by atomic mass is 10.00. The summed E-state index contributed by atoms with van der Waals surface area (Å²) >= 11 is 1.75. The molecule has 0 N–H and O–H groups in total. The number of allylic oxidation sites excluding steroid dienone is 11. The maximum absolute atomic E-state index is 12.6. The van der Waals surface area contributed by atoms with E-state index in [2.05, 4.69) is 19.7 Å². The molecule has 0 amide bonds. The van der Waals surface area contributed by atoms with E-state index in [1.165, 1.54) is 0 Å². The van der Waals surface area contributed by atoms with Crippen molar-refractivity contribution in [2.75, 3.05) is 11.5 Å². The van der Waals surface area contributed by atoms with E-state index in [9.17, 15) is 4.79 Å². The molecule has 1 heterocycles. The van der Waals surface area contributed by atoms with E-state index < -0.39 is 0 Å². The maximum atomic E-state index is 12.6. The van der Waals surface area contributed by atoms with Crippen LogP contribution in [-0.2, 0) is 4.79 Å². The van der Waals surface area contributed by atoms with Crippen LogP contribution in [0.2, 0.25) is 0 Å². The highest BCUT2D eigenvalue weighted by molar-refractivity contribution is 7.99. The monoisotopic (exact) mass is 310 g/mol. The third-order valence-electron chi connectivity index (χ3n) is 3.08. The van der Waals surface area contributed by atoms with Gasteiger partial charge in [0, 0.05) is 22.7 Å². The van der Waals surface area contributed by atoms with Gasteiger partial charge in [0.15, 0.2) is 5.78 Å². The van der Waals surface area contributed by atoms with Crippen LogP contribution < -0.4 is 0 Å². The molecule has 0 spiro atoms. The Bertz CT molecular complexity index is 610. The van der Waals surface area contributed by atoms with Crippen molar-refractivity contribution in [1.29, 1.82) is 0 Å². The van der Waals surface area contributed by atoms with Gasteiger partial charge in [-0.15, -0.1) is 0 Å². The second-order valence-electron chi connectivity index (χ2n) is 4.65. The Morgan fingerprint density at radius 1 is 1.05 bits per heavy atom. The maximum Gasteiger partial charge on any atom is 0.186 e. The topological polar surface area (TPSA) is 17.1 Å². The van der Waals surface area contributed by atoms with Crippen molar-refractivity contribution in [2.45, 2.75) is 6.92 Å². The molecule has 1 saturated heterocycles. The minimum absolute atomic E-state index is 0.113. The number of carbonyl (C=O) groups excluding carboxylic acids is 1. The number of thioether (sulfide) groups is 1. The number of Topliss-reactive ketones (excluding diaryl/α,β-unsaturated/α-hetero) is 1. The van der Waals surface area contributed by atoms with Crippen LogP contribution in [-0.4, -0.2) is 17.3 Å². The molecule has 0 atom stereocenters. The highest BCUT2D eigenvalue weighted by Gasteiger charge is 2.20. The fourth-order valence-corrected chi connectivity index (χ4v) is 2.91. The third kappa shape index (κ3) is 5.38. The highest BCUT2D eigenvalue weighted by Crippen LogP contribution is 2.26. The number of rotatable bonds is 6. The molecule has 0 aromatic carbocycles. The largest absolute Gasteiger partial charge is 0.289 e. The summed E-state index contributed by atoms with van der Waals surface area (Å²) in [6.45, 7) is 13.1. The fraction of sp³-hybridized carbons (Fsp3) is 0.150. The Morgan fingerprint density at radius 3 is 2.18 bits per heavy atom. The average Bonchev–Trinajstić information content (AvgIpc) is 2.54. The van der Waals surface area contributed by atoms with Crippen LogP contribution in [0.5, 0.6) is 0 Å². The first-order valence-electron chi connectivity index (χ1n) is 7.10. The van der Waals surface area contributed by atoms with Gasteiger partial charge >= 0.3 is 0 Å². The van der Waals surface area contributed by atoms with Gasteiger partial charge in [0.2, 0.25) is 0 Å². The zero-order valence-corrected chi connectivity index (χ0v) is 13.9. The summed E-state index contributed by atoms with van der Waals surface area (Å²) in [4.78, 5) is 12.6. The molecule has 1 fully saturated rings. The summed E-state index contributed by atoms with van der Waals surface area (Å²) in [7, 11) is 0. The SMILES string of the molecule is C=C\C=C/C(/C=C1\CSC/C(=C\C(C=C)=C\C=C)C1=O)=C\C. The van der Waals surface area contributed by atoms with E-state index >= 15 is 0 Å². The molecule has 1 rings (SSSR count). The van der Waals surface area contributed by atoms with E-state index in [1.54, 1.807) is 30.0 Å². The van der Waals surface area contributed by atoms with Crippen LogP contribution >= 0.6 is 11.8 Å². The van der Waals surface area contributed by atoms with E-state index in [0.29, 0.717) is 0 Å². The van der Waals surface area contributed by atoms with Crippen molar-refractivity contribution >= 4 is 17.5 Å². The summed E-state index contributed by atoms with van der Waals surface area (Å²) in [5.41, 5.74) is 3.54. The Labute approximate surface area is 137 Å². The zero-order chi connectivity index (χ0) is 16.4. The van der Waals surface area contributed by atoms with Crippen LogP contribution in [0.15, 0.2) is 96.7 Å². The number of hydrogen-bond donors (Lipinski definition) is 0. The summed E-state index contributed by atoms with van der Waals surface area (Å²) in [6.07, 6.45) is 16.6. The van der Waals surface area contributed by atoms with E-state index in [-0.39, 0.29) is 5.78 Å². The number of carbonyl (C=O) groups is 1. The second-order valence-corrected chi connectivity index (χ2v) is 5.64. The van der Waals surface area contributed by atoms with Gasteiger partial charge in [0.25, 0.3) is 0 Å². The van der Waals surface area contributed by atoms with E-state index in [4.69, 9.17) is 0 Å². The molecular formula is C20H22OS. The van der Waals surface area contributed by atoms with Crippen molar-refractivity contribution in [3.63, 3.8) is 0 Å². The molecule has 114 valence electrons. The van der Waals surface area contributed by atoms with Crippen LogP contribution in [0.4, 0.5) is 0 Å². The molecule has 0 bridgehead atoms. The third-order valence-corrected chi connectivity index (χ3v) is 4.11. The van der Waals surface area contributed by atoms with Crippen molar-refractivity contribution in [1.82, 2.24) is 0 Å². The van der Waals surface area contributed by atoms with Gasteiger partial charge in [-0.1, -0.05) is 62.3 Å². The quantitative estimate of drug-likeness (QED) is 0.499. The van der Waals surface area contributed by atoms with Gasteiger partial charge in [-0.2, -0.15) is 11.8 Å². The molecule has 0 aliphatic carbocycles. The van der Waals surface area contributed by atoms with Gasteiger partial charge in [-0.3, -0.25) is 4.79 Å². The Morgan fingerprint density at radius 2 is 1.68 bits per heavy atom. The molecule has 0 saturated carbocycles. The lowest BCUT2D eigenvalue weighted by Gasteiger charge is -2.16. The van der Waals surface area contributed by atoms with Crippen molar-refractivity contribution in [2.24, 2.45) is 0 Å². The molecule has 22 heavy (non-hydrogen) atoms. The lowest BCUT2D eigenvalue weighted by Crippen LogP contribution is -2.16. The first-order chi connectivity index (χ1) is 10.7. The van der Waals surface area contributed by atoms with Gasteiger partial charge in [0.05, 0.1) is 0 Å². The summed E-state index contributed by atoms with van der Waals surface area (Å²) in [6, 6.07) is 0. The van der Waals surface area contributed by atoms with Gasteiger partial charge in [-0.05, 0) is 30.2 Å². The minimum atomic E-state index is 0.113. The molecule has 0 unspecified atom stereocenters. The molecule has 2 heteroatoms. The number of hydrogen-bond acceptors (Lipinski definition) is 2. The predicted molar refractivity (Wildman–Crippen MR) is 100 cm³/mol. The van der Waals surface area contributed by atoms with E-state index in [1.807, 2.05) is 43.4 Å². The second kappa shape index (κ2) is 9.80. The van der Waals surface area contributed by atoms with Crippen LogP contribution in [0.25, 0.3) is 0 Å². The Kier molecular flexibility index (Phi) is 8.01. The van der Waals surface area contributed by atoms with Crippen LogP contribution in [0.1, 0.15) is 6.92 Å². The molecule has 1 aliphatic heterocycles. The molecule has 0 aromatic rings. The van der Waals surface area contributed by atoms with Gasteiger partial charge in [0.1, 0.15) is 0 Å². The number of ketones is 1. The summed E-state index contributed by atoms with van der Waals surface area (Å²) < 4.78 is 0. The summed E-state index contributed by atoms with van der Waals surface area (Å²) in [5.74, 6) is 1.58. The Balaban J connectivity index is 3.09. The highest BCUT2D eigenvalue weighted by atomic mass is 32.2. The molecule has 1 aliphatic rings. The minimum Gasteiger partial charge on any atom is -0.289 e. The lowest BCUT2D eigenvalue weighted by molar-refractivity contribution is -0.112. The fourth-order valence-electron chi connectivity index (χ4n) is 1.94. The first-order valence-corrected chi connectivity index (χ1v) is 8.25. The molecular weight excluding hydrogens is 288 g/mol. The van der Waals surface area contributed by atoms with Crippen molar-refractivity contribution < 1.29 is 4.79 Å². The average molecular weight is 310 g/mol. The molecule has 1 nitrogen and oxygen atoms in total.